The molecule has 0 bridgehead atoms. The maximum absolute atomic E-state index is 11.8. The first kappa shape index (κ1) is 18.6. The number of amides is 2. The van der Waals surface area contributed by atoms with E-state index in [0.29, 0.717) is 13.0 Å². The predicted molar refractivity (Wildman–Crippen MR) is 75.4 cm³/mol. The van der Waals surface area contributed by atoms with Crippen LogP contribution in [0.25, 0.3) is 0 Å². The normalized spacial score (nSPS) is 12.9. The molecule has 0 aromatic rings. The van der Waals surface area contributed by atoms with Crippen LogP contribution in [0.3, 0.4) is 0 Å². The van der Waals surface area contributed by atoms with E-state index >= 15 is 0 Å². The minimum atomic E-state index is -1.18. The first-order valence-electron chi connectivity index (χ1n) is 6.38. The first-order valence-corrected chi connectivity index (χ1v) is 6.38. The predicted octanol–water partition coefficient (Wildman–Crippen LogP) is -2.72. The zero-order chi connectivity index (χ0) is 16.4. The average molecular weight is 302 g/mol. The van der Waals surface area contributed by atoms with Crippen molar-refractivity contribution in [2.24, 2.45) is 11.5 Å². The van der Waals surface area contributed by atoms with Crippen LogP contribution < -0.4 is 27.4 Å². The highest BCUT2D eigenvalue weighted by atomic mass is 16.4. The van der Waals surface area contributed by atoms with Crippen LogP contribution in [0.15, 0.2) is 0 Å². The monoisotopic (exact) mass is 302 g/mol. The Kier molecular flexibility index (Phi) is 8.46. The summed E-state index contributed by atoms with van der Waals surface area (Å²) in [5.74, 6) is -2.49. The second kappa shape index (κ2) is 9.53. The lowest BCUT2D eigenvalue weighted by Crippen LogP contribution is -2.51. The van der Waals surface area contributed by atoms with Gasteiger partial charge in [-0.15, -0.1) is 0 Å². The Bertz CT molecular complexity index is 400. The fourth-order valence-electron chi connectivity index (χ4n) is 1.45. The lowest BCUT2D eigenvalue weighted by molar-refractivity contribution is -0.142. The SMILES string of the molecule is C[C@H](NC(=O)CN)C(=O)N[C@@H](CCCNC(=N)N)C(=O)O. The molecule has 0 radical (unpaired) electrons. The second-order valence-corrected chi connectivity index (χ2v) is 4.38. The maximum atomic E-state index is 11.8. The molecule has 0 aromatic heterocycles. The summed E-state index contributed by atoms with van der Waals surface area (Å²) in [5, 5.41) is 23.2. The molecule has 9 N–H and O–H groups in total. The van der Waals surface area contributed by atoms with E-state index in [-0.39, 0.29) is 18.9 Å². The van der Waals surface area contributed by atoms with Crippen molar-refractivity contribution in [3.8, 4) is 0 Å². The number of carboxylic acids is 1. The van der Waals surface area contributed by atoms with Gasteiger partial charge >= 0.3 is 5.97 Å². The molecule has 2 atom stereocenters. The molecular formula is C11H22N6O4. The van der Waals surface area contributed by atoms with Crippen LogP contribution in [0.2, 0.25) is 0 Å². The van der Waals surface area contributed by atoms with Crippen molar-refractivity contribution in [3.63, 3.8) is 0 Å². The minimum absolute atomic E-state index is 0.166. The number of carboxylic acid groups (broad SMARTS) is 1. The van der Waals surface area contributed by atoms with Gasteiger partial charge in [0.15, 0.2) is 5.96 Å². The molecule has 0 aromatic carbocycles. The van der Waals surface area contributed by atoms with E-state index in [1.807, 2.05) is 0 Å². The molecule has 0 aliphatic heterocycles. The maximum Gasteiger partial charge on any atom is 0.326 e. The molecule has 120 valence electrons. The van der Waals surface area contributed by atoms with Gasteiger partial charge in [0.05, 0.1) is 6.54 Å². The second-order valence-electron chi connectivity index (χ2n) is 4.38. The van der Waals surface area contributed by atoms with Crippen LogP contribution in [0.4, 0.5) is 0 Å². The Balaban J connectivity index is 4.29. The molecule has 10 heteroatoms. The zero-order valence-corrected chi connectivity index (χ0v) is 11.8. The van der Waals surface area contributed by atoms with E-state index in [0.717, 1.165) is 0 Å². The van der Waals surface area contributed by atoms with Crippen molar-refractivity contribution in [2.45, 2.75) is 31.8 Å². The Hall–Kier alpha value is -2.36. The summed E-state index contributed by atoms with van der Waals surface area (Å²) in [6, 6.07) is -1.96. The van der Waals surface area contributed by atoms with E-state index in [2.05, 4.69) is 16.0 Å². The molecule has 10 nitrogen and oxygen atoms in total. The Morgan fingerprint density at radius 1 is 1.29 bits per heavy atom. The molecule has 0 aliphatic carbocycles. The highest BCUT2D eigenvalue weighted by Gasteiger charge is 2.23. The molecule has 0 unspecified atom stereocenters. The van der Waals surface area contributed by atoms with Crippen LogP contribution in [0.5, 0.6) is 0 Å². The topological polar surface area (TPSA) is 183 Å². The van der Waals surface area contributed by atoms with E-state index in [9.17, 15) is 14.4 Å². The highest BCUT2D eigenvalue weighted by Crippen LogP contribution is 1.98. The number of nitrogens with two attached hydrogens (primary N) is 2. The summed E-state index contributed by atoms with van der Waals surface area (Å²) in [4.78, 5) is 33.9. The van der Waals surface area contributed by atoms with E-state index in [1.54, 1.807) is 0 Å². The molecule has 0 aliphatic rings. The summed E-state index contributed by atoms with van der Waals surface area (Å²) in [6.07, 6.45) is 0.569. The summed E-state index contributed by atoms with van der Waals surface area (Å²) < 4.78 is 0. The summed E-state index contributed by atoms with van der Waals surface area (Å²) >= 11 is 0. The molecule has 21 heavy (non-hydrogen) atoms. The van der Waals surface area contributed by atoms with Crippen molar-refractivity contribution in [1.29, 1.82) is 5.41 Å². The third-order valence-corrected chi connectivity index (χ3v) is 2.56. The molecule has 0 heterocycles. The minimum Gasteiger partial charge on any atom is -0.480 e. The Labute approximate surface area is 122 Å². The molecule has 2 amide bonds. The van der Waals surface area contributed by atoms with E-state index in [1.165, 1.54) is 6.92 Å². The molecule has 0 rings (SSSR count). The van der Waals surface area contributed by atoms with Crippen LogP contribution in [-0.2, 0) is 14.4 Å². The van der Waals surface area contributed by atoms with Gasteiger partial charge in [0.25, 0.3) is 0 Å². The third-order valence-electron chi connectivity index (χ3n) is 2.56. The summed E-state index contributed by atoms with van der Waals surface area (Å²) in [5.41, 5.74) is 10.2. The molecule has 0 spiro atoms. The number of carbonyl (C=O) groups is 3. The smallest absolute Gasteiger partial charge is 0.326 e. The summed E-state index contributed by atoms with van der Waals surface area (Å²) in [7, 11) is 0. The number of guanidine groups is 1. The number of hydrogen-bond acceptors (Lipinski definition) is 5. The number of hydrogen-bond donors (Lipinski definition) is 7. The molecule has 0 saturated heterocycles. The van der Waals surface area contributed by atoms with Crippen molar-refractivity contribution in [1.82, 2.24) is 16.0 Å². The number of rotatable bonds is 9. The van der Waals surface area contributed by atoms with Crippen LogP contribution in [0.1, 0.15) is 19.8 Å². The fraction of sp³-hybridized carbons (Fsp3) is 0.636. The number of carbonyl (C=O) groups excluding carboxylic acids is 2. The van der Waals surface area contributed by atoms with Gasteiger partial charge < -0.3 is 32.5 Å². The van der Waals surface area contributed by atoms with Crippen LogP contribution in [0, 0.1) is 5.41 Å². The fourth-order valence-corrected chi connectivity index (χ4v) is 1.45. The van der Waals surface area contributed by atoms with Gasteiger partial charge in [-0.1, -0.05) is 0 Å². The standard InChI is InChI=1S/C11H22N6O4/c1-6(16-8(18)5-12)9(19)17-7(10(20)21)3-2-4-15-11(13)14/h6-7H,2-5,12H2,1H3,(H,16,18)(H,17,19)(H,20,21)(H4,13,14,15)/t6-,7-/m0/s1. The van der Waals surface area contributed by atoms with Crippen molar-refractivity contribution in [3.05, 3.63) is 0 Å². The average Bonchev–Trinajstić information content (AvgIpc) is 2.40. The number of aliphatic carboxylic acids is 1. The van der Waals surface area contributed by atoms with Crippen molar-refractivity contribution >= 4 is 23.7 Å². The lowest BCUT2D eigenvalue weighted by atomic mass is 10.1. The van der Waals surface area contributed by atoms with E-state index in [4.69, 9.17) is 22.0 Å². The van der Waals surface area contributed by atoms with Gasteiger partial charge in [-0.3, -0.25) is 15.0 Å². The van der Waals surface area contributed by atoms with Gasteiger partial charge in [-0.2, -0.15) is 0 Å². The summed E-state index contributed by atoms with van der Waals surface area (Å²) in [6.45, 7) is 1.50. The largest absolute Gasteiger partial charge is 0.480 e. The lowest BCUT2D eigenvalue weighted by Gasteiger charge is -2.18. The quantitative estimate of drug-likeness (QED) is 0.137. The first-order chi connectivity index (χ1) is 9.77. The van der Waals surface area contributed by atoms with Crippen LogP contribution >= 0.6 is 0 Å². The van der Waals surface area contributed by atoms with Crippen molar-refractivity contribution < 1.29 is 19.5 Å². The van der Waals surface area contributed by atoms with Gasteiger partial charge in [0.2, 0.25) is 11.8 Å². The molecule has 0 fully saturated rings. The molecule has 0 saturated carbocycles. The zero-order valence-electron chi connectivity index (χ0n) is 11.8. The van der Waals surface area contributed by atoms with Gasteiger partial charge in [-0.25, -0.2) is 4.79 Å². The Morgan fingerprint density at radius 2 is 1.90 bits per heavy atom. The Morgan fingerprint density at radius 3 is 2.38 bits per heavy atom. The highest BCUT2D eigenvalue weighted by molar-refractivity contribution is 5.90. The van der Waals surface area contributed by atoms with Gasteiger partial charge in [0.1, 0.15) is 12.1 Å². The van der Waals surface area contributed by atoms with Gasteiger partial charge in [0, 0.05) is 6.54 Å². The number of nitrogens with one attached hydrogen (secondary N) is 4. The van der Waals surface area contributed by atoms with Crippen molar-refractivity contribution in [2.75, 3.05) is 13.1 Å². The molecular weight excluding hydrogens is 280 g/mol. The van der Waals surface area contributed by atoms with Crippen LogP contribution in [-0.4, -0.2) is 54.0 Å². The van der Waals surface area contributed by atoms with Gasteiger partial charge in [-0.05, 0) is 19.8 Å². The van der Waals surface area contributed by atoms with E-state index < -0.39 is 29.9 Å². The third kappa shape index (κ3) is 8.42.